The summed E-state index contributed by atoms with van der Waals surface area (Å²) in [6, 6.07) is 11.4. The molecular formula is C23H26. The zero-order valence-electron chi connectivity index (χ0n) is 14.6. The minimum Gasteiger partial charge on any atom is -0.0760 e. The van der Waals surface area contributed by atoms with Crippen LogP contribution in [0.5, 0.6) is 0 Å². The second kappa shape index (κ2) is 5.67. The van der Waals surface area contributed by atoms with Crippen molar-refractivity contribution in [3.05, 3.63) is 75.4 Å². The summed E-state index contributed by atoms with van der Waals surface area (Å²) in [7, 11) is 0. The topological polar surface area (TPSA) is 0 Å². The lowest BCUT2D eigenvalue weighted by atomic mass is 9.85. The summed E-state index contributed by atoms with van der Waals surface area (Å²) in [6.45, 7) is 7.01. The van der Waals surface area contributed by atoms with Crippen molar-refractivity contribution in [2.24, 2.45) is 0 Å². The SMILES string of the molecule is Cc1ccccc1C1=CCCCc2c1cc1c(c2C)CCC1C. The Labute approximate surface area is 140 Å². The number of aryl methyl sites for hydroxylation is 1. The summed E-state index contributed by atoms with van der Waals surface area (Å²) >= 11 is 0. The van der Waals surface area contributed by atoms with Crippen LogP contribution in [-0.2, 0) is 12.8 Å². The Morgan fingerprint density at radius 2 is 1.78 bits per heavy atom. The van der Waals surface area contributed by atoms with E-state index in [1.807, 2.05) is 0 Å². The highest BCUT2D eigenvalue weighted by Gasteiger charge is 2.26. The maximum atomic E-state index is 2.54. The molecule has 0 aliphatic heterocycles. The molecule has 4 rings (SSSR count). The van der Waals surface area contributed by atoms with Crippen molar-refractivity contribution in [1.29, 1.82) is 0 Å². The van der Waals surface area contributed by atoms with Gasteiger partial charge < -0.3 is 0 Å². The van der Waals surface area contributed by atoms with Gasteiger partial charge in [0.05, 0.1) is 0 Å². The second-order valence-corrected chi connectivity index (χ2v) is 7.36. The van der Waals surface area contributed by atoms with Gasteiger partial charge in [-0.2, -0.15) is 0 Å². The predicted octanol–water partition coefficient (Wildman–Crippen LogP) is 6.12. The standard InChI is InChI=1S/C23H26/c1-15-8-4-5-9-18(15)21-11-7-6-10-19-17(3)20-13-12-16(2)22(20)14-23(19)21/h4-5,8-9,11,14,16H,6-7,10,12-13H2,1-3H3. The van der Waals surface area contributed by atoms with E-state index in [9.17, 15) is 0 Å². The molecule has 1 unspecified atom stereocenters. The van der Waals surface area contributed by atoms with Crippen molar-refractivity contribution in [3.8, 4) is 0 Å². The van der Waals surface area contributed by atoms with Crippen molar-refractivity contribution in [3.63, 3.8) is 0 Å². The van der Waals surface area contributed by atoms with Gasteiger partial charge in [0.25, 0.3) is 0 Å². The summed E-state index contributed by atoms with van der Waals surface area (Å²) in [6.07, 6.45) is 8.78. The summed E-state index contributed by atoms with van der Waals surface area (Å²) in [5.41, 5.74) is 12.3. The van der Waals surface area contributed by atoms with Crippen LogP contribution in [0.4, 0.5) is 0 Å². The third-order valence-electron chi connectivity index (χ3n) is 5.94. The van der Waals surface area contributed by atoms with E-state index in [1.54, 1.807) is 22.3 Å². The lowest BCUT2D eigenvalue weighted by molar-refractivity contribution is 0.747. The number of hydrogen-bond donors (Lipinski definition) is 0. The van der Waals surface area contributed by atoms with Crippen LogP contribution in [0.1, 0.15) is 71.0 Å². The summed E-state index contributed by atoms with van der Waals surface area (Å²) in [5, 5.41) is 0. The molecule has 0 amide bonds. The molecule has 118 valence electrons. The summed E-state index contributed by atoms with van der Waals surface area (Å²) in [5.74, 6) is 0.718. The van der Waals surface area contributed by atoms with Crippen LogP contribution >= 0.6 is 0 Å². The molecule has 2 aliphatic rings. The van der Waals surface area contributed by atoms with Crippen molar-refractivity contribution in [1.82, 2.24) is 0 Å². The molecule has 0 heterocycles. The molecule has 0 aromatic heterocycles. The van der Waals surface area contributed by atoms with Gasteiger partial charge in [-0.15, -0.1) is 0 Å². The van der Waals surface area contributed by atoms with Crippen LogP contribution in [0.15, 0.2) is 36.4 Å². The lowest BCUT2D eigenvalue weighted by Crippen LogP contribution is -2.03. The van der Waals surface area contributed by atoms with Gasteiger partial charge in [-0.25, -0.2) is 0 Å². The van der Waals surface area contributed by atoms with Gasteiger partial charge >= 0.3 is 0 Å². The highest BCUT2D eigenvalue weighted by molar-refractivity contribution is 5.84. The average molecular weight is 302 g/mol. The van der Waals surface area contributed by atoms with Gasteiger partial charge in [-0.1, -0.05) is 43.3 Å². The van der Waals surface area contributed by atoms with Gasteiger partial charge in [-0.05, 0) is 96.4 Å². The van der Waals surface area contributed by atoms with Gasteiger partial charge in [0.15, 0.2) is 0 Å². The quantitative estimate of drug-likeness (QED) is 0.595. The van der Waals surface area contributed by atoms with Crippen molar-refractivity contribution < 1.29 is 0 Å². The zero-order chi connectivity index (χ0) is 16.0. The van der Waals surface area contributed by atoms with Gasteiger partial charge in [0.2, 0.25) is 0 Å². The van der Waals surface area contributed by atoms with Crippen LogP contribution in [0.2, 0.25) is 0 Å². The van der Waals surface area contributed by atoms with E-state index in [1.165, 1.54) is 54.4 Å². The fraction of sp³-hybridized carbons (Fsp3) is 0.391. The molecule has 2 aromatic rings. The molecular weight excluding hydrogens is 276 g/mol. The summed E-state index contributed by atoms with van der Waals surface area (Å²) in [4.78, 5) is 0. The molecule has 2 aliphatic carbocycles. The van der Waals surface area contributed by atoms with E-state index >= 15 is 0 Å². The first-order chi connectivity index (χ1) is 11.2. The van der Waals surface area contributed by atoms with E-state index in [-0.39, 0.29) is 0 Å². The first-order valence-electron chi connectivity index (χ1n) is 9.08. The number of allylic oxidation sites excluding steroid dienone is 1. The van der Waals surface area contributed by atoms with Gasteiger partial charge in [-0.3, -0.25) is 0 Å². The van der Waals surface area contributed by atoms with E-state index in [0.717, 1.165) is 5.92 Å². The third-order valence-corrected chi connectivity index (χ3v) is 5.94. The van der Waals surface area contributed by atoms with E-state index in [0.29, 0.717) is 0 Å². The first kappa shape index (κ1) is 14.8. The van der Waals surface area contributed by atoms with E-state index in [2.05, 4.69) is 57.2 Å². The van der Waals surface area contributed by atoms with Crippen LogP contribution in [-0.4, -0.2) is 0 Å². The molecule has 2 aromatic carbocycles. The van der Waals surface area contributed by atoms with Crippen molar-refractivity contribution in [2.75, 3.05) is 0 Å². The predicted molar refractivity (Wildman–Crippen MR) is 99.1 cm³/mol. The average Bonchev–Trinajstić information content (AvgIpc) is 2.79. The summed E-state index contributed by atoms with van der Waals surface area (Å²) < 4.78 is 0. The Hall–Kier alpha value is -1.82. The Bertz CT molecular complexity index is 792. The largest absolute Gasteiger partial charge is 0.0760 e. The van der Waals surface area contributed by atoms with Gasteiger partial charge in [0.1, 0.15) is 0 Å². The molecule has 0 nitrogen and oxygen atoms in total. The number of rotatable bonds is 1. The molecule has 0 saturated carbocycles. The Morgan fingerprint density at radius 3 is 2.61 bits per heavy atom. The van der Waals surface area contributed by atoms with Crippen molar-refractivity contribution >= 4 is 5.57 Å². The number of fused-ring (bicyclic) bond motifs is 2. The molecule has 0 spiro atoms. The zero-order valence-corrected chi connectivity index (χ0v) is 14.6. The second-order valence-electron chi connectivity index (χ2n) is 7.36. The molecule has 0 N–H and O–H groups in total. The minimum absolute atomic E-state index is 0.718. The molecule has 1 atom stereocenters. The molecule has 0 bridgehead atoms. The molecule has 0 heteroatoms. The Balaban J connectivity index is 1.96. The van der Waals surface area contributed by atoms with Crippen LogP contribution in [0.3, 0.4) is 0 Å². The van der Waals surface area contributed by atoms with Crippen molar-refractivity contribution in [2.45, 2.75) is 58.8 Å². The molecule has 0 saturated heterocycles. The fourth-order valence-electron chi connectivity index (χ4n) is 4.55. The molecule has 0 radical (unpaired) electrons. The van der Waals surface area contributed by atoms with Gasteiger partial charge in [0, 0.05) is 0 Å². The highest BCUT2D eigenvalue weighted by atomic mass is 14.3. The van der Waals surface area contributed by atoms with Crippen LogP contribution in [0.25, 0.3) is 5.57 Å². The first-order valence-corrected chi connectivity index (χ1v) is 9.08. The van der Waals surface area contributed by atoms with E-state index in [4.69, 9.17) is 0 Å². The minimum atomic E-state index is 0.718. The lowest BCUT2D eigenvalue weighted by Gasteiger charge is -2.20. The molecule has 0 fully saturated rings. The normalized spacial score (nSPS) is 19.8. The monoisotopic (exact) mass is 302 g/mol. The number of benzene rings is 2. The maximum absolute atomic E-state index is 2.54. The van der Waals surface area contributed by atoms with Crippen LogP contribution in [0, 0.1) is 13.8 Å². The fourth-order valence-corrected chi connectivity index (χ4v) is 4.55. The Kier molecular flexibility index (Phi) is 3.64. The maximum Gasteiger partial charge on any atom is -0.0143 e. The van der Waals surface area contributed by atoms with Crippen LogP contribution < -0.4 is 0 Å². The highest BCUT2D eigenvalue weighted by Crippen LogP contribution is 2.42. The molecule has 23 heavy (non-hydrogen) atoms. The smallest absolute Gasteiger partial charge is 0.0143 e. The number of hydrogen-bond acceptors (Lipinski definition) is 0. The third kappa shape index (κ3) is 2.36. The Morgan fingerprint density at radius 1 is 0.957 bits per heavy atom. The van der Waals surface area contributed by atoms with E-state index < -0.39 is 0 Å².